The molecule has 4 heterocycles. The molecule has 3 fully saturated rings. The molecule has 2 amide bonds. The molecule has 3 saturated heterocycles. The van der Waals surface area contributed by atoms with Crippen LogP contribution < -0.4 is 10.2 Å². The molecule has 1 aromatic heterocycles. The summed E-state index contributed by atoms with van der Waals surface area (Å²) >= 11 is 1.43. The van der Waals surface area contributed by atoms with E-state index in [-0.39, 0.29) is 30.2 Å². The Morgan fingerprint density at radius 3 is 2.64 bits per heavy atom. The lowest BCUT2D eigenvalue weighted by molar-refractivity contribution is -0.127. The maximum Gasteiger partial charge on any atom is 0.229 e. The Balaban J connectivity index is 1.26. The van der Waals surface area contributed by atoms with Gasteiger partial charge in [0.1, 0.15) is 5.01 Å². The Labute approximate surface area is 169 Å². The summed E-state index contributed by atoms with van der Waals surface area (Å²) in [5.41, 5.74) is 0. The summed E-state index contributed by atoms with van der Waals surface area (Å²) in [5, 5.41) is 12.9. The number of carbonyl (C=O) groups is 2. The number of anilines is 1. The van der Waals surface area contributed by atoms with Crippen LogP contribution in [-0.4, -0.2) is 71.8 Å². The molecule has 1 N–H and O–H groups in total. The SMILES string of the molecule is CCc1nnc(N2CC(C(=O)NC3CCN(C4CCOCC4)CC3)CC2=O)s1. The second kappa shape index (κ2) is 8.84. The zero-order valence-corrected chi connectivity index (χ0v) is 17.2. The number of ether oxygens (including phenoxy) is 1. The van der Waals surface area contributed by atoms with Gasteiger partial charge in [-0.2, -0.15) is 0 Å². The predicted molar refractivity (Wildman–Crippen MR) is 106 cm³/mol. The lowest BCUT2D eigenvalue weighted by Gasteiger charge is -2.39. The topological polar surface area (TPSA) is 87.7 Å². The molecule has 1 aromatic rings. The quantitative estimate of drug-likeness (QED) is 0.790. The van der Waals surface area contributed by atoms with Crippen LogP contribution in [0, 0.1) is 5.92 Å². The highest BCUT2D eigenvalue weighted by atomic mass is 32.1. The fraction of sp³-hybridized carbons (Fsp3) is 0.789. The van der Waals surface area contributed by atoms with Crippen molar-refractivity contribution in [1.82, 2.24) is 20.4 Å². The molecule has 4 rings (SSSR count). The van der Waals surface area contributed by atoms with Gasteiger partial charge in [-0.1, -0.05) is 18.3 Å². The molecule has 0 aliphatic carbocycles. The fourth-order valence-electron chi connectivity index (χ4n) is 4.34. The Morgan fingerprint density at radius 1 is 1.21 bits per heavy atom. The molecule has 28 heavy (non-hydrogen) atoms. The van der Waals surface area contributed by atoms with Gasteiger partial charge in [-0.25, -0.2) is 0 Å². The number of carbonyl (C=O) groups excluding carboxylic acids is 2. The first kappa shape index (κ1) is 19.7. The van der Waals surface area contributed by atoms with Gasteiger partial charge in [0.25, 0.3) is 0 Å². The maximum absolute atomic E-state index is 12.7. The molecule has 154 valence electrons. The third-order valence-corrected chi connectivity index (χ3v) is 7.16. The van der Waals surface area contributed by atoms with Crippen LogP contribution in [0.2, 0.25) is 0 Å². The van der Waals surface area contributed by atoms with Gasteiger partial charge in [0.05, 0.1) is 5.92 Å². The summed E-state index contributed by atoms with van der Waals surface area (Å²) in [6, 6.07) is 0.840. The Hall–Kier alpha value is -1.58. The lowest BCUT2D eigenvalue weighted by Crippen LogP contribution is -2.50. The highest BCUT2D eigenvalue weighted by Crippen LogP contribution is 2.28. The number of aryl methyl sites for hydroxylation is 1. The molecule has 0 saturated carbocycles. The molecule has 0 aromatic carbocycles. The lowest BCUT2D eigenvalue weighted by atomic mass is 9.98. The minimum atomic E-state index is -0.296. The Bertz CT molecular complexity index is 697. The summed E-state index contributed by atoms with van der Waals surface area (Å²) in [7, 11) is 0. The number of likely N-dealkylation sites (tertiary alicyclic amines) is 1. The number of hydrogen-bond donors (Lipinski definition) is 1. The number of piperidine rings is 1. The molecule has 8 nitrogen and oxygen atoms in total. The van der Waals surface area contributed by atoms with E-state index in [1.807, 2.05) is 6.92 Å². The average molecular weight is 408 g/mol. The minimum absolute atomic E-state index is 0.000552. The molecular formula is C19H29N5O3S. The molecule has 3 aliphatic rings. The molecular weight excluding hydrogens is 378 g/mol. The molecule has 3 aliphatic heterocycles. The van der Waals surface area contributed by atoms with Gasteiger partial charge in [-0.05, 0) is 32.1 Å². The van der Waals surface area contributed by atoms with Crippen LogP contribution in [0.4, 0.5) is 5.13 Å². The molecule has 1 atom stereocenters. The van der Waals surface area contributed by atoms with E-state index in [0.29, 0.717) is 17.7 Å². The Kier molecular flexibility index (Phi) is 6.22. The Morgan fingerprint density at radius 2 is 1.96 bits per heavy atom. The molecule has 0 spiro atoms. The monoisotopic (exact) mass is 407 g/mol. The third kappa shape index (κ3) is 4.36. The van der Waals surface area contributed by atoms with Crippen molar-refractivity contribution >= 4 is 28.3 Å². The normalized spacial score (nSPS) is 25.4. The van der Waals surface area contributed by atoms with Crippen LogP contribution in [0.25, 0.3) is 0 Å². The number of aromatic nitrogens is 2. The van der Waals surface area contributed by atoms with Crippen molar-refractivity contribution < 1.29 is 14.3 Å². The van der Waals surface area contributed by atoms with Crippen LogP contribution in [-0.2, 0) is 20.7 Å². The number of amides is 2. The van der Waals surface area contributed by atoms with E-state index in [9.17, 15) is 9.59 Å². The van der Waals surface area contributed by atoms with Crippen LogP contribution in [0.5, 0.6) is 0 Å². The van der Waals surface area contributed by atoms with Gasteiger partial charge in [0.2, 0.25) is 16.9 Å². The second-order valence-corrected chi connectivity index (χ2v) is 8.94. The smallest absolute Gasteiger partial charge is 0.229 e. The maximum atomic E-state index is 12.7. The van der Waals surface area contributed by atoms with Crippen molar-refractivity contribution in [3.05, 3.63) is 5.01 Å². The second-order valence-electron chi connectivity index (χ2n) is 7.90. The highest BCUT2D eigenvalue weighted by molar-refractivity contribution is 7.15. The summed E-state index contributed by atoms with van der Waals surface area (Å²) in [5.74, 6) is -0.330. The van der Waals surface area contributed by atoms with Gasteiger partial charge in [0.15, 0.2) is 0 Å². The van der Waals surface area contributed by atoms with Gasteiger partial charge in [-0.3, -0.25) is 14.5 Å². The van der Waals surface area contributed by atoms with E-state index in [4.69, 9.17) is 4.74 Å². The minimum Gasteiger partial charge on any atom is -0.381 e. The third-order valence-electron chi connectivity index (χ3n) is 6.07. The van der Waals surface area contributed by atoms with Gasteiger partial charge < -0.3 is 15.0 Å². The van der Waals surface area contributed by atoms with Crippen LogP contribution in [0.1, 0.15) is 44.0 Å². The van der Waals surface area contributed by atoms with E-state index < -0.39 is 0 Å². The number of nitrogens with one attached hydrogen (secondary N) is 1. The van der Waals surface area contributed by atoms with Gasteiger partial charge in [-0.15, -0.1) is 10.2 Å². The van der Waals surface area contributed by atoms with E-state index in [1.165, 1.54) is 11.3 Å². The van der Waals surface area contributed by atoms with Crippen LogP contribution in [0.15, 0.2) is 0 Å². The summed E-state index contributed by atoms with van der Waals surface area (Å²) in [4.78, 5) is 29.3. The first-order chi connectivity index (χ1) is 13.6. The van der Waals surface area contributed by atoms with Crippen molar-refractivity contribution in [2.75, 3.05) is 37.7 Å². The van der Waals surface area contributed by atoms with Crippen LogP contribution in [0.3, 0.4) is 0 Å². The van der Waals surface area contributed by atoms with Crippen molar-refractivity contribution in [3.63, 3.8) is 0 Å². The molecule has 0 radical (unpaired) electrons. The first-order valence-corrected chi connectivity index (χ1v) is 11.2. The fourth-order valence-corrected chi connectivity index (χ4v) is 5.15. The largest absolute Gasteiger partial charge is 0.381 e. The average Bonchev–Trinajstić information content (AvgIpc) is 3.35. The molecule has 1 unspecified atom stereocenters. The standard InChI is InChI=1S/C19H29N5O3S/c1-2-16-21-22-19(28-16)24-12-13(11-17(24)25)18(26)20-14-3-7-23(8-4-14)15-5-9-27-10-6-15/h13-15H,2-12H2,1H3,(H,20,26). The van der Waals surface area contributed by atoms with E-state index in [0.717, 1.165) is 63.4 Å². The van der Waals surface area contributed by atoms with Crippen molar-refractivity contribution in [3.8, 4) is 0 Å². The van der Waals surface area contributed by atoms with Crippen molar-refractivity contribution in [1.29, 1.82) is 0 Å². The first-order valence-electron chi connectivity index (χ1n) is 10.4. The summed E-state index contributed by atoms with van der Waals surface area (Å²) < 4.78 is 5.46. The van der Waals surface area contributed by atoms with Gasteiger partial charge >= 0.3 is 0 Å². The summed E-state index contributed by atoms with van der Waals surface area (Å²) in [6.45, 7) is 6.19. The number of rotatable bonds is 5. The van der Waals surface area contributed by atoms with E-state index in [1.54, 1.807) is 4.90 Å². The molecule has 0 bridgehead atoms. The zero-order chi connectivity index (χ0) is 19.5. The van der Waals surface area contributed by atoms with Crippen molar-refractivity contribution in [2.45, 2.75) is 57.5 Å². The summed E-state index contributed by atoms with van der Waals surface area (Å²) in [6.07, 6.45) is 5.24. The van der Waals surface area contributed by atoms with E-state index in [2.05, 4.69) is 20.4 Å². The van der Waals surface area contributed by atoms with Crippen LogP contribution >= 0.6 is 11.3 Å². The molecule has 9 heteroatoms. The van der Waals surface area contributed by atoms with E-state index >= 15 is 0 Å². The number of hydrogen-bond acceptors (Lipinski definition) is 7. The van der Waals surface area contributed by atoms with Gasteiger partial charge in [0, 0.05) is 51.4 Å². The predicted octanol–water partition coefficient (Wildman–Crippen LogP) is 1.21. The zero-order valence-electron chi connectivity index (χ0n) is 16.4. The number of nitrogens with zero attached hydrogens (tertiary/aromatic N) is 4. The van der Waals surface area contributed by atoms with Crippen molar-refractivity contribution in [2.24, 2.45) is 5.92 Å². The highest BCUT2D eigenvalue weighted by Gasteiger charge is 2.37.